The highest BCUT2D eigenvalue weighted by Gasteiger charge is 2.30. The molecule has 0 heterocycles. The van der Waals surface area contributed by atoms with Crippen LogP contribution in [0.4, 0.5) is 0 Å². The Bertz CT molecular complexity index is 1880. The van der Waals surface area contributed by atoms with Crippen molar-refractivity contribution in [2.75, 3.05) is 39.6 Å². The Morgan fingerprint density at radius 2 is 0.593 bits per heavy atom. The molecule has 0 saturated heterocycles. The summed E-state index contributed by atoms with van der Waals surface area (Å²) in [4.78, 5) is 72.6. The minimum atomic E-state index is -4.96. The summed E-state index contributed by atoms with van der Waals surface area (Å²) < 4.78 is 68.3. The number of carbonyl (C=O) groups is 4. The van der Waals surface area contributed by atoms with Crippen LogP contribution in [0.15, 0.2) is 24.3 Å². The number of rotatable bonds is 68. The molecule has 0 rings (SSSR count). The fraction of sp³-hybridized carbons (Fsp3) is 0.889. The number of phosphoric ester groups is 2. The molecule has 5 atom stereocenters. The molecule has 3 unspecified atom stereocenters. The molecule has 536 valence electrons. The first-order valence-corrected chi connectivity index (χ1v) is 39.7. The molecule has 0 amide bonds. The van der Waals surface area contributed by atoms with E-state index >= 15 is 0 Å². The van der Waals surface area contributed by atoms with Gasteiger partial charge in [0.25, 0.3) is 0 Å². The van der Waals surface area contributed by atoms with Crippen molar-refractivity contribution in [1.29, 1.82) is 0 Å². The lowest BCUT2D eigenvalue weighted by Gasteiger charge is -2.21. The van der Waals surface area contributed by atoms with Crippen molar-refractivity contribution in [2.45, 2.75) is 356 Å². The van der Waals surface area contributed by atoms with Crippen molar-refractivity contribution in [2.24, 2.45) is 17.8 Å². The summed E-state index contributed by atoms with van der Waals surface area (Å²) in [6, 6.07) is 0. The smallest absolute Gasteiger partial charge is 0.462 e. The molecule has 0 aromatic rings. The van der Waals surface area contributed by atoms with Crippen molar-refractivity contribution in [3.8, 4) is 0 Å². The molecule has 0 fully saturated rings. The molecule has 0 aromatic carbocycles. The summed E-state index contributed by atoms with van der Waals surface area (Å²) in [5.74, 6) is 0.0602. The molecule has 17 nitrogen and oxygen atoms in total. The number of hydrogen-bond acceptors (Lipinski definition) is 15. The molecular weight excluding hydrogens is 1200 g/mol. The summed E-state index contributed by atoms with van der Waals surface area (Å²) in [6.07, 6.45) is 49.4. The Kier molecular flexibility index (Phi) is 60.7. The van der Waals surface area contributed by atoms with E-state index in [0.717, 1.165) is 120 Å². The predicted molar refractivity (Wildman–Crippen MR) is 367 cm³/mol. The molecule has 0 bridgehead atoms. The zero-order valence-electron chi connectivity index (χ0n) is 58.8. The second kappa shape index (κ2) is 62.4. The third kappa shape index (κ3) is 66.0. The van der Waals surface area contributed by atoms with Crippen LogP contribution in [-0.2, 0) is 65.4 Å². The van der Waals surface area contributed by atoms with Crippen LogP contribution >= 0.6 is 15.6 Å². The number of hydrogen-bond donors (Lipinski definition) is 3. The summed E-state index contributed by atoms with van der Waals surface area (Å²) in [5.41, 5.74) is 0. The molecule has 3 N–H and O–H groups in total. The predicted octanol–water partition coefficient (Wildman–Crippen LogP) is 20.2. The van der Waals surface area contributed by atoms with Crippen molar-refractivity contribution < 1.29 is 80.2 Å². The Morgan fingerprint density at radius 1 is 0.341 bits per heavy atom. The Hall–Kier alpha value is -2.46. The summed E-state index contributed by atoms with van der Waals surface area (Å²) in [5, 5.41) is 10.6. The fourth-order valence-corrected chi connectivity index (χ4v) is 11.9. The van der Waals surface area contributed by atoms with Crippen LogP contribution in [-0.4, -0.2) is 96.7 Å². The lowest BCUT2D eigenvalue weighted by Crippen LogP contribution is -2.30. The maximum Gasteiger partial charge on any atom is 0.472 e. The topological polar surface area (TPSA) is 237 Å². The van der Waals surface area contributed by atoms with Crippen LogP contribution in [0, 0.1) is 17.8 Å². The fourth-order valence-electron chi connectivity index (χ4n) is 10.4. The van der Waals surface area contributed by atoms with E-state index < -0.39 is 97.5 Å². The van der Waals surface area contributed by atoms with Crippen molar-refractivity contribution in [3.63, 3.8) is 0 Å². The maximum atomic E-state index is 13.0. The number of unbranched alkanes of at least 4 members (excludes halogenated alkanes) is 33. The molecular formula is C72H136O17P2. The van der Waals surface area contributed by atoms with Crippen molar-refractivity contribution in [1.82, 2.24) is 0 Å². The molecule has 0 saturated carbocycles. The number of aliphatic hydroxyl groups excluding tert-OH is 1. The minimum Gasteiger partial charge on any atom is -0.462 e. The van der Waals surface area contributed by atoms with E-state index in [1.54, 1.807) is 0 Å². The zero-order valence-corrected chi connectivity index (χ0v) is 60.6. The largest absolute Gasteiger partial charge is 0.472 e. The second-order valence-corrected chi connectivity index (χ2v) is 29.6. The van der Waals surface area contributed by atoms with Crippen LogP contribution in [0.3, 0.4) is 0 Å². The average Bonchev–Trinajstić information content (AvgIpc) is 3.41. The first-order chi connectivity index (χ1) is 43.7. The SMILES string of the molecule is CCCCCC/C=C\C=C/CCCCCCCC(=O)O[C@H](COC(=O)CCCCCCCCCCCCC(C)C)COP(=O)(O)OCC(O)COP(=O)(O)OC[C@@H](COC(=O)CCCCCCCCCCC(C)C)OC(=O)CCCCCCCCCCCC(C)C. The monoisotopic (exact) mass is 1330 g/mol. The number of allylic oxidation sites excluding steroid dienone is 4. The van der Waals surface area contributed by atoms with E-state index in [0.29, 0.717) is 25.7 Å². The lowest BCUT2D eigenvalue weighted by molar-refractivity contribution is -0.161. The van der Waals surface area contributed by atoms with E-state index in [9.17, 15) is 43.2 Å². The third-order valence-corrected chi connectivity index (χ3v) is 17.9. The summed E-state index contributed by atoms with van der Waals surface area (Å²) in [6.45, 7) is 11.7. The van der Waals surface area contributed by atoms with Crippen LogP contribution in [0.2, 0.25) is 0 Å². The number of esters is 4. The Morgan fingerprint density at radius 3 is 0.890 bits per heavy atom. The molecule has 0 spiro atoms. The van der Waals surface area contributed by atoms with Crippen LogP contribution in [0.25, 0.3) is 0 Å². The normalized spacial score (nSPS) is 14.3. The van der Waals surface area contributed by atoms with Crippen molar-refractivity contribution >= 4 is 39.5 Å². The van der Waals surface area contributed by atoms with Gasteiger partial charge < -0.3 is 33.8 Å². The van der Waals surface area contributed by atoms with Gasteiger partial charge in [0.05, 0.1) is 26.4 Å². The maximum absolute atomic E-state index is 13.0. The van der Waals surface area contributed by atoms with Crippen LogP contribution in [0.5, 0.6) is 0 Å². The highest BCUT2D eigenvalue weighted by molar-refractivity contribution is 7.47. The molecule has 0 aromatic heterocycles. The highest BCUT2D eigenvalue weighted by Crippen LogP contribution is 2.45. The number of carbonyl (C=O) groups excluding carboxylic acids is 4. The van der Waals surface area contributed by atoms with E-state index in [1.807, 2.05) is 0 Å². The quantitative estimate of drug-likeness (QED) is 0.0169. The van der Waals surface area contributed by atoms with Gasteiger partial charge in [0.15, 0.2) is 12.2 Å². The molecule has 0 radical (unpaired) electrons. The molecule has 91 heavy (non-hydrogen) atoms. The standard InChI is InChI=1S/C72H136O17P2/c1-8-9-10-11-12-13-14-15-16-17-18-25-34-41-48-55-71(76)88-67(59-82-69(74)53-46-39-32-24-20-19-22-29-36-43-50-63(2)3)61-86-90(78,79)84-57-66(73)58-85-91(80,81)87-62-68(60-83-70(75)54-47-40-33-28-27-31-38-45-52-65(6)7)89-72(77)56-49-42-35-26-21-23-30-37-44-51-64(4)5/h13-16,63-68,73H,8-12,17-62H2,1-7H3,(H,78,79)(H,80,81)/b14-13-,16-15-/t66?,67-,68-/m1/s1. The van der Waals surface area contributed by atoms with E-state index in [4.69, 9.17) is 37.0 Å². The van der Waals surface area contributed by atoms with Gasteiger partial charge in [0.1, 0.15) is 19.3 Å². The van der Waals surface area contributed by atoms with Gasteiger partial charge in [-0.25, -0.2) is 9.13 Å². The number of phosphoric acid groups is 2. The molecule has 0 aliphatic carbocycles. The van der Waals surface area contributed by atoms with Gasteiger partial charge in [-0.2, -0.15) is 0 Å². The van der Waals surface area contributed by atoms with E-state index in [1.165, 1.54) is 135 Å². The Balaban J connectivity index is 5.30. The molecule has 19 heteroatoms. The van der Waals surface area contributed by atoms with E-state index in [2.05, 4.69) is 72.8 Å². The average molecular weight is 1340 g/mol. The van der Waals surface area contributed by atoms with Gasteiger partial charge in [-0.3, -0.25) is 37.3 Å². The Labute approximate surface area is 554 Å². The van der Waals surface area contributed by atoms with E-state index in [-0.39, 0.29) is 25.7 Å². The van der Waals surface area contributed by atoms with Gasteiger partial charge in [-0.15, -0.1) is 0 Å². The van der Waals surface area contributed by atoms with Gasteiger partial charge in [-0.1, -0.05) is 285 Å². The zero-order chi connectivity index (χ0) is 67.3. The third-order valence-electron chi connectivity index (χ3n) is 16.0. The number of ether oxygens (including phenoxy) is 4. The first-order valence-electron chi connectivity index (χ1n) is 36.7. The molecule has 0 aliphatic rings. The van der Waals surface area contributed by atoms with Crippen LogP contribution < -0.4 is 0 Å². The lowest BCUT2D eigenvalue weighted by atomic mass is 10.0. The molecule has 0 aliphatic heterocycles. The van der Waals surface area contributed by atoms with Crippen molar-refractivity contribution in [3.05, 3.63) is 24.3 Å². The summed E-state index contributed by atoms with van der Waals surface area (Å²) in [7, 11) is -9.92. The number of aliphatic hydroxyl groups is 1. The van der Waals surface area contributed by atoms with Gasteiger partial charge in [0, 0.05) is 25.7 Å². The summed E-state index contributed by atoms with van der Waals surface area (Å²) >= 11 is 0. The van der Waals surface area contributed by atoms with Gasteiger partial charge in [-0.05, 0) is 69.1 Å². The van der Waals surface area contributed by atoms with Crippen LogP contribution in [0.1, 0.15) is 337 Å². The van der Waals surface area contributed by atoms with Gasteiger partial charge in [0.2, 0.25) is 0 Å². The highest BCUT2D eigenvalue weighted by atomic mass is 31.2. The minimum absolute atomic E-state index is 0.0843. The van der Waals surface area contributed by atoms with Gasteiger partial charge >= 0.3 is 39.5 Å². The first kappa shape index (κ1) is 88.5. The second-order valence-electron chi connectivity index (χ2n) is 26.7.